The second-order valence-electron chi connectivity index (χ2n) is 8.15. The molecular weight excluding hydrogens is 374 g/mol. The van der Waals surface area contributed by atoms with E-state index < -0.39 is 0 Å². The molecule has 1 aromatic carbocycles. The summed E-state index contributed by atoms with van der Waals surface area (Å²) in [6.07, 6.45) is 2.25. The first-order chi connectivity index (χ1) is 13.5. The molecule has 148 valence electrons. The van der Waals surface area contributed by atoms with Gasteiger partial charge in [0.2, 0.25) is 5.71 Å². The molecule has 6 heteroatoms. The van der Waals surface area contributed by atoms with E-state index in [1.54, 1.807) is 12.1 Å². The molecule has 4 rings (SSSR count). The Labute approximate surface area is 170 Å². The fourth-order valence-electron chi connectivity index (χ4n) is 4.28. The van der Waals surface area contributed by atoms with Crippen molar-refractivity contribution in [1.82, 2.24) is 15.2 Å². The number of furan rings is 1. The minimum absolute atomic E-state index is 0.194. The van der Waals surface area contributed by atoms with Gasteiger partial charge in [-0.15, -0.1) is 0 Å². The highest BCUT2D eigenvalue weighted by Crippen LogP contribution is 2.25. The maximum Gasteiger partial charge on any atom is 0.287 e. The van der Waals surface area contributed by atoms with Crippen LogP contribution in [0.15, 0.2) is 34.7 Å². The normalized spacial score (nSPS) is 20.7. The number of nitrogens with one attached hydrogen (secondary N) is 1. The number of carbonyl (C=O) groups is 1. The first-order valence-corrected chi connectivity index (χ1v) is 10.4. The average molecular weight is 400 g/mol. The van der Waals surface area contributed by atoms with Gasteiger partial charge in [0.05, 0.1) is 5.52 Å². The van der Waals surface area contributed by atoms with Crippen LogP contribution in [0.3, 0.4) is 0 Å². The molecule has 0 aliphatic carbocycles. The standard InChI is InChI=1S/C22H26ClN3O2/c1-14-8-15(2)13-26(12-14)7-3-6-24-21(27)20-10-17-9-16-4-5-18(23)11-19(16)25-22(17)28-20/h4-5,9-11,14-15H,3,6-8,12-13H2,1-2H3,(H,24,27)/t14-,15-/m0/s1. The average Bonchev–Trinajstić information content (AvgIpc) is 3.05. The topological polar surface area (TPSA) is 58.4 Å². The molecule has 1 saturated heterocycles. The quantitative estimate of drug-likeness (QED) is 0.630. The summed E-state index contributed by atoms with van der Waals surface area (Å²) >= 11 is 6.03. The molecule has 1 aliphatic heterocycles. The van der Waals surface area contributed by atoms with Crippen LogP contribution in [0.5, 0.6) is 0 Å². The van der Waals surface area contributed by atoms with E-state index in [9.17, 15) is 4.79 Å². The second kappa shape index (κ2) is 8.10. The molecule has 1 N–H and O–H groups in total. The largest absolute Gasteiger partial charge is 0.433 e. The lowest BCUT2D eigenvalue weighted by Gasteiger charge is -2.34. The number of hydrogen-bond acceptors (Lipinski definition) is 4. The van der Waals surface area contributed by atoms with Crippen LogP contribution in [0, 0.1) is 11.8 Å². The molecule has 1 aliphatic rings. The van der Waals surface area contributed by atoms with Crippen LogP contribution in [-0.4, -0.2) is 42.0 Å². The maximum atomic E-state index is 12.4. The summed E-state index contributed by atoms with van der Waals surface area (Å²) in [4.78, 5) is 19.4. The van der Waals surface area contributed by atoms with E-state index in [1.165, 1.54) is 6.42 Å². The summed E-state index contributed by atoms with van der Waals surface area (Å²) in [5, 5.41) is 5.37. The van der Waals surface area contributed by atoms with Crippen molar-refractivity contribution in [1.29, 1.82) is 0 Å². The highest BCUT2D eigenvalue weighted by molar-refractivity contribution is 6.31. The summed E-state index contributed by atoms with van der Waals surface area (Å²) in [5.41, 5.74) is 1.21. The SMILES string of the molecule is C[C@H]1C[C@H](C)CN(CCCNC(=O)c2cc3cc4ccc(Cl)cc4nc3o2)C1. The third-order valence-electron chi connectivity index (χ3n) is 5.37. The molecule has 2 aromatic heterocycles. The zero-order valence-corrected chi connectivity index (χ0v) is 17.1. The molecule has 0 radical (unpaired) electrons. The van der Waals surface area contributed by atoms with E-state index in [2.05, 4.69) is 29.0 Å². The number of fused-ring (bicyclic) bond motifs is 2. The molecule has 0 saturated carbocycles. The van der Waals surface area contributed by atoms with Gasteiger partial charge in [-0.2, -0.15) is 0 Å². The fraction of sp³-hybridized carbons (Fsp3) is 0.455. The number of likely N-dealkylation sites (tertiary alicyclic amines) is 1. The Hall–Kier alpha value is -2.11. The highest BCUT2D eigenvalue weighted by atomic mass is 35.5. The summed E-state index contributed by atoms with van der Waals surface area (Å²) in [6.45, 7) is 8.61. The van der Waals surface area contributed by atoms with Gasteiger partial charge in [0.25, 0.3) is 5.91 Å². The van der Waals surface area contributed by atoms with Gasteiger partial charge in [-0.1, -0.05) is 31.5 Å². The first kappa shape index (κ1) is 19.2. The van der Waals surface area contributed by atoms with Crippen LogP contribution in [0.1, 0.15) is 37.2 Å². The second-order valence-corrected chi connectivity index (χ2v) is 8.58. The van der Waals surface area contributed by atoms with Gasteiger partial charge < -0.3 is 14.6 Å². The van der Waals surface area contributed by atoms with Crippen molar-refractivity contribution in [3.05, 3.63) is 41.1 Å². The van der Waals surface area contributed by atoms with Crippen LogP contribution in [0.4, 0.5) is 0 Å². The number of benzene rings is 1. The predicted molar refractivity (Wildman–Crippen MR) is 113 cm³/mol. The molecule has 0 bridgehead atoms. The number of carbonyl (C=O) groups excluding carboxylic acids is 1. The maximum absolute atomic E-state index is 12.4. The van der Waals surface area contributed by atoms with E-state index in [0.29, 0.717) is 23.0 Å². The number of amides is 1. The van der Waals surface area contributed by atoms with Gasteiger partial charge in [0, 0.05) is 35.4 Å². The molecule has 1 amide bonds. The minimum atomic E-state index is -0.194. The number of halogens is 1. The van der Waals surface area contributed by atoms with Crippen LogP contribution in [0.25, 0.3) is 22.0 Å². The van der Waals surface area contributed by atoms with Crippen LogP contribution in [0.2, 0.25) is 5.02 Å². The van der Waals surface area contributed by atoms with Crippen LogP contribution in [-0.2, 0) is 0 Å². The highest BCUT2D eigenvalue weighted by Gasteiger charge is 2.21. The molecule has 1 fully saturated rings. The van der Waals surface area contributed by atoms with Gasteiger partial charge in [-0.05, 0) is 55.5 Å². The van der Waals surface area contributed by atoms with Crippen molar-refractivity contribution in [3.8, 4) is 0 Å². The Morgan fingerprint density at radius 3 is 2.79 bits per heavy atom. The summed E-state index contributed by atoms with van der Waals surface area (Å²) < 4.78 is 5.68. The molecular formula is C22H26ClN3O2. The van der Waals surface area contributed by atoms with Gasteiger partial charge >= 0.3 is 0 Å². The van der Waals surface area contributed by atoms with E-state index in [-0.39, 0.29) is 5.91 Å². The zero-order chi connectivity index (χ0) is 19.7. The molecule has 3 aromatic rings. The van der Waals surface area contributed by atoms with Gasteiger partial charge in [-0.25, -0.2) is 4.98 Å². The van der Waals surface area contributed by atoms with Crippen molar-refractivity contribution in [2.45, 2.75) is 26.7 Å². The summed E-state index contributed by atoms with van der Waals surface area (Å²) in [5.74, 6) is 1.61. The molecule has 5 nitrogen and oxygen atoms in total. The van der Waals surface area contributed by atoms with E-state index in [1.807, 2.05) is 18.2 Å². The Balaban J connectivity index is 1.35. The number of nitrogens with zero attached hydrogens (tertiary/aromatic N) is 2. The van der Waals surface area contributed by atoms with Crippen LogP contribution < -0.4 is 5.32 Å². The van der Waals surface area contributed by atoms with Crippen LogP contribution >= 0.6 is 11.6 Å². The summed E-state index contributed by atoms with van der Waals surface area (Å²) in [7, 11) is 0. The third kappa shape index (κ3) is 4.31. The van der Waals surface area contributed by atoms with Gasteiger partial charge in [0.1, 0.15) is 0 Å². The lowest BCUT2D eigenvalue weighted by molar-refractivity contribution is 0.0921. The zero-order valence-electron chi connectivity index (χ0n) is 16.4. The molecule has 28 heavy (non-hydrogen) atoms. The molecule has 0 unspecified atom stereocenters. The number of aromatic nitrogens is 1. The number of piperidine rings is 1. The van der Waals surface area contributed by atoms with Crippen molar-refractivity contribution in [3.63, 3.8) is 0 Å². The Morgan fingerprint density at radius 1 is 1.21 bits per heavy atom. The molecule has 2 atom stereocenters. The van der Waals surface area contributed by atoms with Gasteiger partial charge in [-0.3, -0.25) is 4.79 Å². The number of pyridine rings is 1. The minimum Gasteiger partial charge on any atom is -0.433 e. The summed E-state index contributed by atoms with van der Waals surface area (Å²) in [6, 6.07) is 9.25. The van der Waals surface area contributed by atoms with Crippen molar-refractivity contribution in [2.24, 2.45) is 11.8 Å². The fourth-order valence-corrected chi connectivity index (χ4v) is 4.44. The predicted octanol–water partition coefficient (Wildman–Crippen LogP) is 4.73. The van der Waals surface area contributed by atoms with Gasteiger partial charge in [0.15, 0.2) is 5.76 Å². The Morgan fingerprint density at radius 2 is 2.00 bits per heavy atom. The Bertz CT molecular complexity index is 990. The van der Waals surface area contributed by atoms with E-state index in [0.717, 1.165) is 54.2 Å². The van der Waals surface area contributed by atoms with Crippen molar-refractivity contribution >= 4 is 39.5 Å². The van der Waals surface area contributed by atoms with E-state index in [4.69, 9.17) is 16.0 Å². The Kier molecular flexibility index (Phi) is 5.56. The van der Waals surface area contributed by atoms with Crippen molar-refractivity contribution in [2.75, 3.05) is 26.2 Å². The van der Waals surface area contributed by atoms with Crippen molar-refractivity contribution < 1.29 is 9.21 Å². The number of hydrogen-bond donors (Lipinski definition) is 1. The van der Waals surface area contributed by atoms with E-state index >= 15 is 0 Å². The molecule has 3 heterocycles. The number of rotatable bonds is 5. The molecule has 0 spiro atoms. The third-order valence-corrected chi connectivity index (χ3v) is 5.61. The smallest absolute Gasteiger partial charge is 0.287 e. The lowest BCUT2D eigenvalue weighted by atomic mass is 9.92. The monoisotopic (exact) mass is 399 g/mol. The first-order valence-electron chi connectivity index (χ1n) is 9.98. The lowest BCUT2D eigenvalue weighted by Crippen LogP contribution is -2.40.